The maximum Gasteiger partial charge on any atom is 1.00 e. The van der Waals surface area contributed by atoms with Crippen LogP contribution in [0.5, 0.6) is 0 Å². The van der Waals surface area contributed by atoms with E-state index in [-0.39, 0.29) is 103 Å². The van der Waals surface area contributed by atoms with Gasteiger partial charge in [0.25, 0.3) is 0 Å². The summed E-state index contributed by atoms with van der Waals surface area (Å²) in [5.41, 5.74) is 0. The summed E-state index contributed by atoms with van der Waals surface area (Å²) in [5.74, 6) is 0. The van der Waals surface area contributed by atoms with Crippen LogP contribution in [0.3, 0.4) is 0 Å². The summed E-state index contributed by atoms with van der Waals surface area (Å²) in [6, 6.07) is 0. The molecular weight excluding hydrogens is 477 g/mol. The molecule has 0 atom stereocenters. The normalized spacial score (nSPS) is 18.0. The van der Waals surface area contributed by atoms with Crippen LogP contribution in [0.25, 0.3) is 0 Å². The van der Waals surface area contributed by atoms with Gasteiger partial charge in [0.15, 0.2) is 0 Å². The van der Waals surface area contributed by atoms with Crippen molar-refractivity contribution in [2.45, 2.75) is 0 Å². The molecule has 0 amide bonds. The summed E-state index contributed by atoms with van der Waals surface area (Å²) >= 11 is 0. The topological polar surface area (TPSA) is 0 Å². The standard InChI is InChI=1S/6ClH.2K.Re/h6*1H;;;/q;;;;;;2*+1;+4/p-6. The van der Waals surface area contributed by atoms with Crippen LogP contribution in [0.4, 0.5) is 0 Å². The van der Waals surface area contributed by atoms with Gasteiger partial charge in [-0.1, -0.05) is 0 Å². The molecule has 0 aromatic rings. The van der Waals surface area contributed by atoms with Crippen LogP contribution in [0, 0.1) is 0 Å². The Kier molecular flexibility index (Phi) is 11.5. The third kappa shape index (κ3) is 57.9. The Morgan fingerprint density at radius 1 is 0.556 bits per heavy atom. The predicted octanol–water partition coefficient (Wildman–Crippen LogP) is -1.86. The summed E-state index contributed by atoms with van der Waals surface area (Å²) in [5, 5.41) is 0. The Morgan fingerprint density at radius 2 is 0.556 bits per heavy atom. The van der Waals surface area contributed by atoms with Gasteiger partial charge in [-0.25, -0.2) is 0 Å². The molecule has 0 saturated carbocycles. The Bertz CT molecular complexity index is 69.6. The quantitative estimate of drug-likeness (QED) is 0.360. The van der Waals surface area contributed by atoms with Crippen LogP contribution in [0.2, 0.25) is 0 Å². The minimum atomic E-state index is -5.43. The first-order chi connectivity index (χ1) is 2.45. The van der Waals surface area contributed by atoms with Crippen molar-refractivity contribution in [1.82, 2.24) is 0 Å². The van der Waals surface area contributed by atoms with Gasteiger partial charge in [-0.3, -0.25) is 0 Å². The fourth-order valence-corrected chi connectivity index (χ4v) is 0. The van der Waals surface area contributed by atoms with Crippen LogP contribution in [0.15, 0.2) is 0 Å². The first-order valence-electron chi connectivity index (χ1n) is 0.857. The molecule has 9 heteroatoms. The van der Waals surface area contributed by atoms with Crippen molar-refractivity contribution in [3.05, 3.63) is 0 Å². The smallest absolute Gasteiger partial charge is 1.00 e. The second kappa shape index (κ2) is 5.14. The molecule has 0 heterocycles. The Balaban J connectivity index is -0.000000180. The molecule has 0 unspecified atom stereocenters. The number of hydrogen-bond donors (Lipinski definition) is 0. The molecule has 0 aliphatic heterocycles. The average molecular weight is 477 g/mol. The molecule has 0 aliphatic carbocycles. The molecule has 0 nitrogen and oxygen atoms in total. The van der Waals surface area contributed by atoms with Crippen LogP contribution in [-0.2, 0) is 6.97 Å². The van der Waals surface area contributed by atoms with E-state index in [0.29, 0.717) is 0 Å². The van der Waals surface area contributed by atoms with Gasteiger partial charge in [0.1, 0.15) is 0 Å². The van der Waals surface area contributed by atoms with Gasteiger partial charge in [0.2, 0.25) is 0 Å². The fourth-order valence-electron chi connectivity index (χ4n) is 0. The molecule has 0 aliphatic rings. The molecule has 0 radical (unpaired) electrons. The van der Waals surface area contributed by atoms with Gasteiger partial charge >= 0.3 is 167 Å². The van der Waals surface area contributed by atoms with Crippen LogP contribution >= 0.6 is 57.2 Å². The Morgan fingerprint density at radius 3 is 0.556 bits per heavy atom. The minimum Gasteiger partial charge on any atom is 1.00 e. The van der Waals surface area contributed by atoms with E-state index in [0.717, 1.165) is 0 Å². The van der Waals surface area contributed by atoms with E-state index in [4.69, 9.17) is 57.2 Å². The minimum absolute atomic E-state index is 0. The van der Waals surface area contributed by atoms with E-state index in [2.05, 4.69) is 0 Å². The SMILES string of the molecule is [Cl][Re-2]([Cl])([Cl])([Cl])([Cl])[Cl].[K+].[K+]. The molecule has 0 aromatic carbocycles. The third-order valence-electron chi connectivity index (χ3n) is 0. The van der Waals surface area contributed by atoms with Gasteiger partial charge in [-0.15, -0.1) is 0 Å². The molecule has 0 bridgehead atoms. The average Bonchev–Trinajstić information content (AvgIpc) is 0.592. The largest absolute Gasteiger partial charge is 1.00 e. The first kappa shape index (κ1) is 20.1. The maximum atomic E-state index is 5.06. The monoisotopic (exact) mass is 475 g/mol. The van der Waals surface area contributed by atoms with Gasteiger partial charge in [0.05, 0.1) is 0 Å². The third-order valence-corrected chi connectivity index (χ3v) is 0. The summed E-state index contributed by atoms with van der Waals surface area (Å²) in [6.45, 7) is -5.43. The molecule has 0 rings (SSSR count). The summed E-state index contributed by atoms with van der Waals surface area (Å²) in [7, 11) is 30.4. The van der Waals surface area contributed by atoms with Crippen molar-refractivity contribution in [2.75, 3.05) is 0 Å². The van der Waals surface area contributed by atoms with E-state index in [1.165, 1.54) is 0 Å². The van der Waals surface area contributed by atoms with Crippen molar-refractivity contribution in [3.8, 4) is 0 Å². The molecule has 0 fully saturated rings. The second-order valence-corrected chi connectivity index (χ2v) is 59.7. The van der Waals surface area contributed by atoms with Gasteiger partial charge in [-0.2, -0.15) is 0 Å². The molecule has 0 saturated heterocycles. The molecule has 0 N–H and O–H groups in total. The molecule has 0 spiro atoms. The molecule has 51 valence electrons. The molecular formula is Cl6K2Re. The van der Waals surface area contributed by atoms with Crippen molar-refractivity contribution in [1.29, 1.82) is 0 Å². The van der Waals surface area contributed by atoms with Crippen molar-refractivity contribution >= 4 is 57.2 Å². The predicted molar refractivity (Wildman–Crippen MR) is 35.1 cm³/mol. The summed E-state index contributed by atoms with van der Waals surface area (Å²) in [6.07, 6.45) is 0. The molecule has 0 aromatic heterocycles. The Hall–Kier alpha value is 5.68. The van der Waals surface area contributed by atoms with E-state index >= 15 is 0 Å². The fraction of sp³-hybridized carbons (Fsp3) is 0. The maximum absolute atomic E-state index is 5.43. The van der Waals surface area contributed by atoms with E-state index < -0.39 is 6.97 Å². The van der Waals surface area contributed by atoms with Crippen molar-refractivity contribution < 1.29 is 110 Å². The first-order valence-corrected chi connectivity index (χ1v) is 21.0. The number of rotatable bonds is 0. The Labute approximate surface area is 161 Å². The number of hydrogen-bond acceptors (Lipinski definition) is 0. The summed E-state index contributed by atoms with van der Waals surface area (Å²) < 4.78 is 0. The van der Waals surface area contributed by atoms with Crippen molar-refractivity contribution in [2.24, 2.45) is 0 Å². The van der Waals surface area contributed by atoms with E-state index in [9.17, 15) is 0 Å². The van der Waals surface area contributed by atoms with Gasteiger partial charge in [0, 0.05) is 0 Å². The van der Waals surface area contributed by atoms with Crippen LogP contribution in [0.1, 0.15) is 0 Å². The second-order valence-electron chi connectivity index (χ2n) is 0.810. The molecule has 9 heavy (non-hydrogen) atoms. The number of halogens is 6. The van der Waals surface area contributed by atoms with Crippen molar-refractivity contribution in [3.63, 3.8) is 0 Å². The van der Waals surface area contributed by atoms with Crippen LogP contribution in [-0.4, -0.2) is 0 Å². The zero-order valence-corrected chi connectivity index (χ0v) is 18.1. The van der Waals surface area contributed by atoms with Gasteiger partial charge < -0.3 is 0 Å². The van der Waals surface area contributed by atoms with E-state index in [1.54, 1.807) is 0 Å². The van der Waals surface area contributed by atoms with Crippen LogP contribution < -0.4 is 103 Å². The summed E-state index contributed by atoms with van der Waals surface area (Å²) in [4.78, 5) is 0. The zero-order chi connectivity index (χ0) is 6.41. The van der Waals surface area contributed by atoms with Gasteiger partial charge in [-0.05, 0) is 0 Å². The zero-order valence-electron chi connectivity index (χ0n) is 4.65. The van der Waals surface area contributed by atoms with E-state index in [1.807, 2.05) is 0 Å².